The van der Waals surface area contributed by atoms with Crippen LogP contribution in [0.2, 0.25) is 0 Å². The second kappa shape index (κ2) is 4.40. The van der Waals surface area contributed by atoms with Crippen LogP contribution in [0.25, 0.3) is 0 Å². The van der Waals surface area contributed by atoms with Gasteiger partial charge in [0.1, 0.15) is 0 Å². The van der Waals surface area contributed by atoms with Crippen molar-refractivity contribution in [1.29, 1.82) is 5.26 Å². The number of nitrogens with zero attached hydrogens (tertiary/aromatic N) is 2. The van der Waals surface area contributed by atoms with Gasteiger partial charge < -0.3 is 5.11 Å². The van der Waals surface area contributed by atoms with Crippen molar-refractivity contribution < 1.29 is 18.3 Å². The molecule has 2 rings (SSSR count). The van der Waals surface area contributed by atoms with E-state index in [2.05, 4.69) is 0 Å². The highest BCUT2D eigenvalue weighted by atomic mass is 32.2. The molecule has 1 saturated heterocycles. The van der Waals surface area contributed by atoms with E-state index in [1.54, 1.807) is 0 Å². The van der Waals surface area contributed by atoms with E-state index >= 15 is 0 Å². The van der Waals surface area contributed by atoms with Crippen molar-refractivity contribution in [2.45, 2.75) is 4.90 Å². The van der Waals surface area contributed by atoms with Crippen LogP contribution in [-0.4, -0.2) is 36.9 Å². The molecule has 0 amide bonds. The first-order valence-corrected chi connectivity index (χ1v) is 6.62. The predicted octanol–water partition coefficient (Wildman–Crippen LogP) is 0.263. The number of nitriles is 1. The Morgan fingerprint density at radius 2 is 2.11 bits per heavy atom. The van der Waals surface area contributed by atoms with Crippen molar-refractivity contribution in [2.75, 3.05) is 13.1 Å². The molecule has 0 aromatic heterocycles. The van der Waals surface area contributed by atoms with Crippen molar-refractivity contribution in [2.24, 2.45) is 5.92 Å². The third-order valence-electron chi connectivity index (χ3n) is 2.80. The quantitative estimate of drug-likeness (QED) is 0.846. The summed E-state index contributed by atoms with van der Waals surface area (Å²) < 4.78 is 25.2. The van der Waals surface area contributed by atoms with Gasteiger partial charge in [-0.05, 0) is 18.2 Å². The lowest BCUT2D eigenvalue weighted by molar-refractivity contribution is -0.145. The van der Waals surface area contributed by atoms with Crippen LogP contribution in [0.4, 0.5) is 0 Å². The van der Waals surface area contributed by atoms with Crippen LogP contribution in [0.1, 0.15) is 5.56 Å². The zero-order valence-electron chi connectivity index (χ0n) is 9.28. The molecule has 1 fully saturated rings. The van der Waals surface area contributed by atoms with Crippen molar-refractivity contribution in [3.8, 4) is 6.07 Å². The Morgan fingerprint density at radius 1 is 1.44 bits per heavy atom. The molecule has 1 N–H and O–H groups in total. The maximum absolute atomic E-state index is 12.1. The average molecular weight is 266 g/mol. The Bertz CT molecular complexity index is 627. The van der Waals surface area contributed by atoms with Gasteiger partial charge in [0.05, 0.1) is 22.4 Å². The average Bonchev–Trinajstić information content (AvgIpc) is 2.26. The molecule has 1 heterocycles. The van der Waals surface area contributed by atoms with E-state index in [0.717, 1.165) is 4.31 Å². The van der Waals surface area contributed by atoms with Gasteiger partial charge >= 0.3 is 5.97 Å². The number of carboxylic acid groups (broad SMARTS) is 1. The predicted molar refractivity (Wildman–Crippen MR) is 61.0 cm³/mol. The molecule has 0 aliphatic carbocycles. The summed E-state index contributed by atoms with van der Waals surface area (Å²) in [6.07, 6.45) is 0. The Hall–Kier alpha value is -1.91. The number of carbonyl (C=O) groups is 1. The van der Waals surface area contributed by atoms with Gasteiger partial charge in [-0.1, -0.05) is 6.07 Å². The molecule has 1 aliphatic heterocycles. The summed E-state index contributed by atoms with van der Waals surface area (Å²) in [5.41, 5.74) is 0.256. The van der Waals surface area contributed by atoms with Gasteiger partial charge in [-0.3, -0.25) is 4.79 Å². The van der Waals surface area contributed by atoms with Crippen molar-refractivity contribution in [3.63, 3.8) is 0 Å². The van der Waals surface area contributed by atoms with Crippen LogP contribution in [0, 0.1) is 17.2 Å². The Labute approximate surface area is 104 Å². The van der Waals surface area contributed by atoms with Crippen LogP contribution in [-0.2, 0) is 14.8 Å². The molecule has 1 aromatic rings. The number of benzene rings is 1. The first kappa shape index (κ1) is 12.5. The summed E-state index contributed by atoms with van der Waals surface area (Å²) in [6, 6.07) is 7.53. The lowest BCUT2D eigenvalue weighted by Gasteiger charge is -2.35. The third-order valence-corrected chi connectivity index (χ3v) is 4.63. The van der Waals surface area contributed by atoms with E-state index in [-0.39, 0.29) is 23.5 Å². The minimum Gasteiger partial charge on any atom is -0.481 e. The summed E-state index contributed by atoms with van der Waals surface area (Å²) >= 11 is 0. The maximum Gasteiger partial charge on any atom is 0.309 e. The summed E-state index contributed by atoms with van der Waals surface area (Å²) in [5, 5.41) is 17.4. The minimum absolute atomic E-state index is 0.0189. The molecule has 0 spiro atoms. The number of hydrogen-bond acceptors (Lipinski definition) is 4. The fourth-order valence-electron chi connectivity index (χ4n) is 1.67. The highest BCUT2D eigenvalue weighted by molar-refractivity contribution is 7.89. The van der Waals surface area contributed by atoms with Gasteiger partial charge in [0.25, 0.3) is 0 Å². The van der Waals surface area contributed by atoms with Crippen molar-refractivity contribution in [3.05, 3.63) is 29.8 Å². The van der Waals surface area contributed by atoms with E-state index in [4.69, 9.17) is 10.4 Å². The highest BCUT2D eigenvalue weighted by Crippen LogP contribution is 2.25. The molecule has 6 nitrogen and oxygen atoms in total. The zero-order valence-corrected chi connectivity index (χ0v) is 10.1. The molecule has 18 heavy (non-hydrogen) atoms. The molecule has 0 radical (unpaired) electrons. The van der Waals surface area contributed by atoms with Crippen molar-refractivity contribution in [1.82, 2.24) is 4.31 Å². The number of sulfonamides is 1. The van der Waals surface area contributed by atoms with Crippen LogP contribution in [0.5, 0.6) is 0 Å². The van der Waals surface area contributed by atoms with Gasteiger partial charge in [0.15, 0.2) is 0 Å². The molecule has 0 bridgehead atoms. The molecule has 0 atom stereocenters. The Balaban J connectivity index is 2.23. The number of aliphatic carboxylic acids is 1. The molecular weight excluding hydrogens is 256 g/mol. The van der Waals surface area contributed by atoms with Gasteiger partial charge in [0, 0.05) is 13.1 Å². The summed E-state index contributed by atoms with van der Waals surface area (Å²) in [6.45, 7) is -0.0388. The fraction of sp³-hybridized carbons (Fsp3) is 0.273. The molecule has 1 aromatic carbocycles. The van der Waals surface area contributed by atoms with Crippen LogP contribution < -0.4 is 0 Å². The van der Waals surface area contributed by atoms with Gasteiger partial charge in [-0.15, -0.1) is 0 Å². The first-order chi connectivity index (χ1) is 8.45. The standard InChI is InChI=1S/C11H10N2O4S/c12-5-8-2-1-3-10(4-8)18(16,17)13-6-9(7-13)11(14)15/h1-4,9H,6-7H2,(H,14,15). The largest absolute Gasteiger partial charge is 0.481 e. The van der Waals surface area contributed by atoms with E-state index in [1.165, 1.54) is 24.3 Å². The number of hydrogen-bond donors (Lipinski definition) is 1. The molecule has 94 valence electrons. The molecule has 0 unspecified atom stereocenters. The third kappa shape index (κ3) is 2.08. The zero-order chi connectivity index (χ0) is 13.3. The van der Waals surface area contributed by atoms with Gasteiger partial charge in [-0.25, -0.2) is 8.42 Å². The lowest BCUT2D eigenvalue weighted by Crippen LogP contribution is -2.52. The van der Waals surface area contributed by atoms with Crippen LogP contribution >= 0.6 is 0 Å². The number of carboxylic acids is 1. The number of rotatable bonds is 3. The molecule has 7 heteroatoms. The second-order valence-electron chi connectivity index (χ2n) is 4.00. The van der Waals surface area contributed by atoms with Crippen LogP contribution in [0.3, 0.4) is 0 Å². The summed E-state index contributed by atoms with van der Waals surface area (Å²) in [5.74, 6) is -1.63. The topological polar surface area (TPSA) is 98.5 Å². The van der Waals surface area contributed by atoms with Crippen LogP contribution in [0.15, 0.2) is 29.2 Å². The maximum atomic E-state index is 12.1. The Kier molecular flexibility index (Phi) is 3.07. The molecule has 1 aliphatic rings. The summed E-state index contributed by atoms with van der Waals surface area (Å²) in [4.78, 5) is 10.6. The highest BCUT2D eigenvalue weighted by Gasteiger charge is 2.40. The molecular formula is C11H10N2O4S. The molecule has 0 saturated carbocycles. The van der Waals surface area contributed by atoms with E-state index < -0.39 is 21.9 Å². The van der Waals surface area contributed by atoms with E-state index in [1.807, 2.05) is 6.07 Å². The monoisotopic (exact) mass is 266 g/mol. The summed E-state index contributed by atoms with van der Waals surface area (Å²) in [7, 11) is -3.68. The van der Waals surface area contributed by atoms with E-state index in [9.17, 15) is 13.2 Å². The first-order valence-electron chi connectivity index (χ1n) is 5.18. The smallest absolute Gasteiger partial charge is 0.309 e. The van der Waals surface area contributed by atoms with E-state index in [0.29, 0.717) is 0 Å². The van der Waals surface area contributed by atoms with Crippen molar-refractivity contribution >= 4 is 16.0 Å². The van der Waals surface area contributed by atoms with Gasteiger partial charge in [0.2, 0.25) is 10.0 Å². The fourth-order valence-corrected chi connectivity index (χ4v) is 3.24. The second-order valence-corrected chi connectivity index (χ2v) is 5.93. The Morgan fingerprint density at radius 3 is 2.67 bits per heavy atom. The SMILES string of the molecule is N#Cc1cccc(S(=O)(=O)N2CC(C(=O)O)C2)c1. The minimum atomic E-state index is -3.68. The normalized spacial score (nSPS) is 16.8. The van der Waals surface area contributed by atoms with Gasteiger partial charge in [-0.2, -0.15) is 9.57 Å². The lowest BCUT2D eigenvalue weighted by atomic mass is 10.0.